The van der Waals surface area contributed by atoms with Gasteiger partial charge in [-0.1, -0.05) is 35.3 Å². The number of anilines is 1. The first-order chi connectivity index (χ1) is 11.8. The maximum Gasteiger partial charge on any atom is 0.253 e. The SMILES string of the molecule is Cc1ccc(CCC(=O)Nc2cc(C(=O)N(C)C)ccc2Cl)cc1Cl. The lowest BCUT2D eigenvalue weighted by Crippen LogP contribution is -2.22. The quantitative estimate of drug-likeness (QED) is 0.827. The number of carbonyl (C=O) groups excluding carboxylic acids is 2. The molecule has 2 rings (SSSR count). The number of nitrogens with zero attached hydrogens (tertiary/aromatic N) is 1. The van der Waals surface area contributed by atoms with Crippen LogP contribution in [0, 0.1) is 6.92 Å². The molecule has 0 aliphatic heterocycles. The van der Waals surface area contributed by atoms with Gasteiger partial charge >= 0.3 is 0 Å². The molecule has 0 aliphatic carbocycles. The highest BCUT2D eigenvalue weighted by Crippen LogP contribution is 2.24. The minimum atomic E-state index is -0.173. The summed E-state index contributed by atoms with van der Waals surface area (Å²) in [5.41, 5.74) is 2.90. The molecule has 0 aromatic heterocycles. The average Bonchev–Trinajstić information content (AvgIpc) is 2.57. The van der Waals surface area contributed by atoms with E-state index in [1.807, 2.05) is 25.1 Å². The van der Waals surface area contributed by atoms with Gasteiger partial charge in [0.1, 0.15) is 0 Å². The van der Waals surface area contributed by atoms with Gasteiger partial charge in [0.2, 0.25) is 5.91 Å². The number of amides is 2. The normalized spacial score (nSPS) is 10.4. The molecule has 0 spiro atoms. The summed E-state index contributed by atoms with van der Waals surface area (Å²) in [7, 11) is 3.34. The van der Waals surface area contributed by atoms with E-state index in [9.17, 15) is 9.59 Å². The highest BCUT2D eigenvalue weighted by atomic mass is 35.5. The Hall–Kier alpha value is -2.04. The predicted octanol–water partition coefficient (Wildman–Crippen LogP) is 4.57. The Morgan fingerprint density at radius 2 is 1.76 bits per heavy atom. The van der Waals surface area contributed by atoms with E-state index in [-0.39, 0.29) is 11.8 Å². The van der Waals surface area contributed by atoms with Crippen molar-refractivity contribution in [2.45, 2.75) is 19.8 Å². The van der Waals surface area contributed by atoms with Gasteiger partial charge in [0.25, 0.3) is 5.91 Å². The number of carbonyl (C=O) groups is 2. The molecule has 6 heteroatoms. The Labute approximate surface area is 157 Å². The molecule has 2 amide bonds. The minimum absolute atomic E-state index is 0.151. The fourth-order valence-electron chi connectivity index (χ4n) is 2.27. The van der Waals surface area contributed by atoms with Crippen molar-refractivity contribution in [1.29, 1.82) is 0 Å². The van der Waals surface area contributed by atoms with E-state index in [0.29, 0.717) is 34.1 Å². The van der Waals surface area contributed by atoms with Crippen LogP contribution in [-0.2, 0) is 11.2 Å². The van der Waals surface area contributed by atoms with Crippen molar-refractivity contribution in [2.24, 2.45) is 0 Å². The van der Waals surface area contributed by atoms with Crippen molar-refractivity contribution in [3.05, 3.63) is 63.1 Å². The zero-order valence-corrected chi connectivity index (χ0v) is 15.9. The van der Waals surface area contributed by atoms with Crippen LogP contribution in [0.25, 0.3) is 0 Å². The van der Waals surface area contributed by atoms with E-state index < -0.39 is 0 Å². The van der Waals surface area contributed by atoms with Gasteiger partial charge in [-0.3, -0.25) is 9.59 Å². The van der Waals surface area contributed by atoms with Gasteiger partial charge in [0.05, 0.1) is 10.7 Å². The second-order valence-electron chi connectivity index (χ2n) is 6.03. The van der Waals surface area contributed by atoms with Gasteiger partial charge in [0.15, 0.2) is 0 Å². The monoisotopic (exact) mass is 378 g/mol. The molecule has 25 heavy (non-hydrogen) atoms. The number of hydrogen-bond donors (Lipinski definition) is 1. The van der Waals surface area contributed by atoms with Crippen molar-refractivity contribution in [2.75, 3.05) is 19.4 Å². The Balaban J connectivity index is 2.03. The molecular weight excluding hydrogens is 359 g/mol. The maximum atomic E-state index is 12.2. The molecule has 0 unspecified atom stereocenters. The molecule has 0 heterocycles. The number of hydrogen-bond acceptors (Lipinski definition) is 2. The highest BCUT2D eigenvalue weighted by Gasteiger charge is 2.12. The average molecular weight is 379 g/mol. The molecule has 2 aromatic carbocycles. The van der Waals surface area contributed by atoms with Crippen LogP contribution < -0.4 is 5.32 Å². The molecule has 0 radical (unpaired) electrons. The van der Waals surface area contributed by atoms with Crippen molar-refractivity contribution in [3.63, 3.8) is 0 Å². The van der Waals surface area contributed by atoms with Gasteiger partial charge < -0.3 is 10.2 Å². The molecule has 0 atom stereocenters. The lowest BCUT2D eigenvalue weighted by molar-refractivity contribution is -0.116. The molecule has 0 bridgehead atoms. The minimum Gasteiger partial charge on any atom is -0.345 e. The van der Waals surface area contributed by atoms with Crippen LogP contribution in [0.1, 0.15) is 27.9 Å². The first-order valence-electron chi connectivity index (χ1n) is 7.84. The highest BCUT2D eigenvalue weighted by molar-refractivity contribution is 6.34. The summed E-state index contributed by atoms with van der Waals surface area (Å²) in [6.45, 7) is 1.93. The van der Waals surface area contributed by atoms with Crippen LogP contribution in [0.4, 0.5) is 5.69 Å². The summed E-state index contributed by atoms with van der Waals surface area (Å²) in [5.74, 6) is -0.325. The van der Waals surface area contributed by atoms with E-state index in [4.69, 9.17) is 23.2 Å². The second kappa shape index (κ2) is 8.37. The molecule has 0 saturated heterocycles. The second-order valence-corrected chi connectivity index (χ2v) is 6.84. The molecule has 2 aromatic rings. The van der Waals surface area contributed by atoms with E-state index in [2.05, 4.69) is 5.32 Å². The van der Waals surface area contributed by atoms with Crippen LogP contribution in [0.3, 0.4) is 0 Å². The third-order valence-electron chi connectivity index (χ3n) is 3.77. The maximum absolute atomic E-state index is 12.2. The van der Waals surface area contributed by atoms with Gasteiger partial charge in [-0.05, 0) is 48.7 Å². The summed E-state index contributed by atoms with van der Waals surface area (Å²) in [6, 6.07) is 10.6. The molecule has 0 saturated carbocycles. The fraction of sp³-hybridized carbons (Fsp3) is 0.263. The third kappa shape index (κ3) is 5.21. The zero-order chi connectivity index (χ0) is 18.6. The van der Waals surface area contributed by atoms with Gasteiger partial charge in [-0.15, -0.1) is 0 Å². The molecule has 1 N–H and O–H groups in total. The largest absolute Gasteiger partial charge is 0.345 e. The van der Waals surface area contributed by atoms with Crippen molar-refractivity contribution >= 4 is 40.7 Å². The van der Waals surface area contributed by atoms with Crippen LogP contribution in [0.2, 0.25) is 10.0 Å². The summed E-state index contributed by atoms with van der Waals surface area (Å²) >= 11 is 12.2. The van der Waals surface area contributed by atoms with Gasteiger partial charge in [0, 0.05) is 31.1 Å². The fourth-order valence-corrected chi connectivity index (χ4v) is 2.64. The molecule has 4 nitrogen and oxygen atoms in total. The van der Waals surface area contributed by atoms with Crippen LogP contribution in [0.5, 0.6) is 0 Å². The Morgan fingerprint density at radius 1 is 1.04 bits per heavy atom. The lowest BCUT2D eigenvalue weighted by atomic mass is 10.1. The number of halogens is 2. The van der Waals surface area contributed by atoms with Crippen molar-refractivity contribution < 1.29 is 9.59 Å². The summed E-state index contributed by atoms with van der Waals surface area (Å²) in [4.78, 5) is 25.7. The van der Waals surface area contributed by atoms with Crippen LogP contribution in [0.15, 0.2) is 36.4 Å². The summed E-state index contributed by atoms with van der Waals surface area (Å²) in [6.07, 6.45) is 0.862. The van der Waals surface area contributed by atoms with E-state index in [0.717, 1.165) is 11.1 Å². The third-order valence-corrected chi connectivity index (χ3v) is 4.51. The number of aryl methyl sites for hydroxylation is 2. The predicted molar refractivity (Wildman–Crippen MR) is 103 cm³/mol. The van der Waals surface area contributed by atoms with E-state index in [1.165, 1.54) is 4.90 Å². The lowest BCUT2D eigenvalue weighted by Gasteiger charge is -2.13. The molecular formula is C19H20Cl2N2O2. The smallest absolute Gasteiger partial charge is 0.253 e. The van der Waals surface area contributed by atoms with E-state index >= 15 is 0 Å². The standard InChI is InChI=1S/C19H20Cl2N2O2/c1-12-4-5-13(10-16(12)21)6-9-18(24)22-17-11-14(7-8-15(17)20)19(25)23(2)3/h4-5,7-8,10-11H,6,9H2,1-3H3,(H,22,24). The van der Waals surface area contributed by atoms with Crippen molar-refractivity contribution in [1.82, 2.24) is 4.90 Å². The zero-order valence-electron chi connectivity index (χ0n) is 14.4. The summed E-state index contributed by atoms with van der Waals surface area (Å²) in [5, 5.41) is 3.85. The van der Waals surface area contributed by atoms with E-state index in [1.54, 1.807) is 32.3 Å². The Kier molecular flexibility index (Phi) is 6.45. The number of benzene rings is 2. The van der Waals surface area contributed by atoms with Crippen molar-refractivity contribution in [3.8, 4) is 0 Å². The first kappa shape index (κ1) is 19.3. The van der Waals surface area contributed by atoms with Crippen LogP contribution in [-0.4, -0.2) is 30.8 Å². The molecule has 0 fully saturated rings. The van der Waals surface area contributed by atoms with Gasteiger partial charge in [-0.25, -0.2) is 0 Å². The number of rotatable bonds is 5. The first-order valence-corrected chi connectivity index (χ1v) is 8.59. The Bertz CT molecular complexity index is 804. The topological polar surface area (TPSA) is 49.4 Å². The summed E-state index contributed by atoms with van der Waals surface area (Å²) < 4.78 is 0. The molecule has 132 valence electrons. The van der Waals surface area contributed by atoms with Crippen LogP contribution >= 0.6 is 23.2 Å². The van der Waals surface area contributed by atoms with Gasteiger partial charge in [-0.2, -0.15) is 0 Å². The molecule has 0 aliphatic rings. The number of nitrogens with one attached hydrogen (secondary N) is 1. The Morgan fingerprint density at radius 3 is 2.40 bits per heavy atom.